The van der Waals surface area contributed by atoms with Crippen LogP contribution in [0, 0.1) is 5.92 Å². The molecule has 3 atom stereocenters. The molecule has 0 bridgehead atoms. The van der Waals surface area contributed by atoms with Gasteiger partial charge in [-0.1, -0.05) is 56.7 Å². The Morgan fingerprint density at radius 1 is 1.10 bits per heavy atom. The summed E-state index contributed by atoms with van der Waals surface area (Å²) in [5.74, 6) is -0.618. The molecule has 2 N–H and O–H groups in total. The van der Waals surface area contributed by atoms with Crippen molar-refractivity contribution in [1.29, 1.82) is 0 Å². The first kappa shape index (κ1) is 22.1. The van der Waals surface area contributed by atoms with Gasteiger partial charge in [0.15, 0.2) is 0 Å². The number of carbonyl (C=O) groups excluding carboxylic acids is 3. The summed E-state index contributed by atoms with van der Waals surface area (Å²) in [6.45, 7) is 8.33. The molecule has 0 unspecified atom stereocenters. The Bertz CT molecular complexity index is 840. The number of nitrogens with zero attached hydrogens (tertiary/aromatic N) is 1. The van der Waals surface area contributed by atoms with E-state index in [-0.39, 0.29) is 29.1 Å². The third-order valence-electron chi connectivity index (χ3n) is 6.64. The first-order valence-corrected chi connectivity index (χ1v) is 10.9. The highest BCUT2D eigenvalue weighted by molar-refractivity contribution is 5.91. The Kier molecular flexibility index (Phi) is 6.64. The van der Waals surface area contributed by atoms with Gasteiger partial charge in [0.25, 0.3) is 0 Å². The van der Waals surface area contributed by atoms with Crippen LogP contribution < -0.4 is 10.6 Å². The van der Waals surface area contributed by atoms with E-state index in [1.807, 2.05) is 18.7 Å². The molecule has 6 nitrogen and oxygen atoms in total. The van der Waals surface area contributed by atoms with Gasteiger partial charge in [0.1, 0.15) is 12.1 Å². The molecule has 3 amide bonds. The van der Waals surface area contributed by atoms with Gasteiger partial charge in [0, 0.05) is 25.4 Å². The molecule has 30 heavy (non-hydrogen) atoms. The molecule has 2 aliphatic rings. The van der Waals surface area contributed by atoms with E-state index >= 15 is 0 Å². The molecule has 1 aliphatic heterocycles. The predicted molar refractivity (Wildman–Crippen MR) is 118 cm³/mol. The fraction of sp³-hybridized carbons (Fsp3) is 0.542. The van der Waals surface area contributed by atoms with E-state index in [4.69, 9.17) is 0 Å². The molecule has 0 radical (unpaired) electrons. The summed E-state index contributed by atoms with van der Waals surface area (Å²) >= 11 is 0. The molecule has 1 aliphatic carbocycles. The second-order valence-corrected chi connectivity index (χ2v) is 8.70. The first-order valence-electron chi connectivity index (χ1n) is 10.9. The number of nitrogens with one attached hydrogen (secondary N) is 2. The van der Waals surface area contributed by atoms with Crippen LogP contribution in [0.3, 0.4) is 0 Å². The molecule has 3 rings (SSSR count). The van der Waals surface area contributed by atoms with E-state index in [0.717, 1.165) is 19.3 Å². The summed E-state index contributed by atoms with van der Waals surface area (Å²) in [7, 11) is 0. The quantitative estimate of drug-likeness (QED) is 0.755. The molecule has 1 heterocycles. The maximum atomic E-state index is 13.3. The normalized spacial score (nSPS) is 19.7. The van der Waals surface area contributed by atoms with Gasteiger partial charge in [-0.2, -0.15) is 0 Å². The summed E-state index contributed by atoms with van der Waals surface area (Å²) in [6, 6.07) is 7.21. The summed E-state index contributed by atoms with van der Waals surface area (Å²) < 4.78 is 0. The van der Waals surface area contributed by atoms with Crippen molar-refractivity contribution in [3.05, 3.63) is 41.5 Å². The van der Waals surface area contributed by atoms with E-state index in [9.17, 15) is 14.4 Å². The Morgan fingerprint density at radius 2 is 1.77 bits per heavy atom. The van der Waals surface area contributed by atoms with Gasteiger partial charge in [0.05, 0.1) is 0 Å². The SMILES string of the molecule is CC[C@H](C)[C@H](NC(=O)[C@H](C)NC(C)=O)C(=O)N1CCC2(C=Cc3ccccc32)CC1. The van der Waals surface area contributed by atoms with Gasteiger partial charge in [-0.3, -0.25) is 14.4 Å². The molecule has 1 spiro atoms. The standard InChI is InChI=1S/C24H33N3O3/c1-5-16(2)21(26-22(29)17(3)25-18(4)28)23(30)27-14-12-24(13-15-27)11-10-19-8-6-7-9-20(19)24/h6-11,16-17,21H,5,12-15H2,1-4H3,(H,25,28)(H,26,29)/t16-,17-,21-/m0/s1. The van der Waals surface area contributed by atoms with Crippen LogP contribution in [-0.4, -0.2) is 47.8 Å². The van der Waals surface area contributed by atoms with Crippen LogP contribution >= 0.6 is 0 Å². The van der Waals surface area contributed by atoms with E-state index in [1.165, 1.54) is 18.1 Å². The van der Waals surface area contributed by atoms with Crippen molar-refractivity contribution in [2.75, 3.05) is 13.1 Å². The van der Waals surface area contributed by atoms with Crippen LogP contribution in [0.5, 0.6) is 0 Å². The number of allylic oxidation sites excluding steroid dienone is 1. The van der Waals surface area contributed by atoms with Crippen molar-refractivity contribution in [2.24, 2.45) is 5.92 Å². The summed E-state index contributed by atoms with van der Waals surface area (Å²) in [5.41, 5.74) is 2.64. The number of benzene rings is 1. The highest BCUT2D eigenvalue weighted by Gasteiger charge is 2.40. The molecule has 1 fully saturated rings. The Labute approximate surface area is 179 Å². The first-order chi connectivity index (χ1) is 14.3. The lowest BCUT2D eigenvalue weighted by molar-refractivity contribution is -0.139. The summed E-state index contributed by atoms with van der Waals surface area (Å²) in [6.07, 6.45) is 7.03. The smallest absolute Gasteiger partial charge is 0.245 e. The van der Waals surface area contributed by atoms with Gasteiger partial charge >= 0.3 is 0 Å². The minimum absolute atomic E-state index is 0.00830. The molecule has 1 aromatic rings. The lowest BCUT2D eigenvalue weighted by Gasteiger charge is -2.41. The zero-order valence-corrected chi connectivity index (χ0v) is 18.4. The maximum Gasteiger partial charge on any atom is 0.245 e. The average molecular weight is 412 g/mol. The van der Waals surface area contributed by atoms with Crippen LogP contribution in [0.1, 0.15) is 58.1 Å². The fourth-order valence-electron chi connectivity index (χ4n) is 4.53. The summed E-state index contributed by atoms with van der Waals surface area (Å²) in [5, 5.41) is 5.47. The van der Waals surface area contributed by atoms with Gasteiger partial charge in [-0.05, 0) is 36.8 Å². The van der Waals surface area contributed by atoms with E-state index in [0.29, 0.717) is 13.1 Å². The number of hydrogen-bond acceptors (Lipinski definition) is 3. The second kappa shape index (κ2) is 9.02. The molecule has 162 valence electrons. The lowest BCUT2D eigenvalue weighted by atomic mass is 9.74. The molecular formula is C24H33N3O3. The lowest BCUT2D eigenvalue weighted by Crippen LogP contribution is -2.57. The summed E-state index contributed by atoms with van der Waals surface area (Å²) in [4.78, 5) is 39.0. The van der Waals surface area contributed by atoms with Crippen molar-refractivity contribution >= 4 is 23.8 Å². The number of piperidine rings is 1. The Hall–Kier alpha value is -2.63. The van der Waals surface area contributed by atoms with Crippen molar-refractivity contribution < 1.29 is 14.4 Å². The van der Waals surface area contributed by atoms with Crippen LogP contribution in [0.2, 0.25) is 0 Å². The number of amides is 3. The minimum atomic E-state index is -0.674. The Balaban J connectivity index is 1.67. The van der Waals surface area contributed by atoms with Gasteiger partial charge in [-0.15, -0.1) is 0 Å². The molecule has 1 aromatic carbocycles. The van der Waals surface area contributed by atoms with Crippen LogP contribution in [0.15, 0.2) is 30.3 Å². The molecule has 6 heteroatoms. The average Bonchev–Trinajstić information content (AvgIpc) is 3.09. The number of carbonyl (C=O) groups is 3. The van der Waals surface area contributed by atoms with Crippen molar-refractivity contribution in [3.63, 3.8) is 0 Å². The van der Waals surface area contributed by atoms with Gasteiger partial charge in [0.2, 0.25) is 17.7 Å². The number of rotatable bonds is 6. The van der Waals surface area contributed by atoms with Gasteiger partial charge in [-0.25, -0.2) is 0 Å². The number of fused-ring (bicyclic) bond motifs is 2. The Morgan fingerprint density at radius 3 is 2.40 bits per heavy atom. The zero-order chi connectivity index (χ0) is 21.9. The second-order valence-electron chi connectivity index (χ2n) is 8.70. The van der Waals surface area contributed by atoms with Crippen LogP contribution in [0.25, 0.3) is 6.08 Å². The number of hydrogen-bond donors (Lipinski definition) is 2. The van der Waals surface area contributed by atoms with Crippen molar-refractivity contribution in [3.8, 4) is 0 Å². The third-order valence-corrected chi connectivity index (χ3v) is 6.64. The maximum absolute atomic E-state index is 13.3. The van der Waals surface area contributed by atoms with Crippen molar-refractivity contribution in [2.45, 2.75) is 64.5 Å². The third kappa shape index (κ3) is 4.42. The molecule has 1 saturated heterocycles. The molecular weight excluding hydrogens is 378 g/mol. The zero-order valence-electron chi connectivity index (χ0n) is 18.4. The predicted octanol–water partition coefficient (Wildman–Crippen LogP) is 2.63. The van der Waals surface area contributed by atoms with Gasteiger partial charge < -0.3 is 15.5 Å². The number of likely N-dealkylation sites (tertiary alicyclic amines) is 1. The van der Waals surface area contributed by atoms with E-state index in [1.54, 1.807) is 6.92 Å². The fourth-order valence-corrected chi connectivity index (χ4v) is 4.53. The van der Waals surface area contributed by atoms with Crippen LogP contribution in [-0.2, 0) is 19.8 Å². The monoisotopic (exact) mass is 411 g/mol. The largest absolute Gasteiger partial charge is 0.345 e. The molecule has 0 saturated carbocycles. The molecule has 0 aromatic heterocycles. The minimum Gasteiger partial charge on any atom is -0.345 e. The van der Waals surface area contributed by atoms with Crippen molar-refractivity contribution in [1.82, 2.24) is 15.5 Å². The van der Waals surface area contributed by atoms with E-state index < -0.39 is 12.1 Å². The highest BCUT2D eigenvalue weighted by Crippen LogP contribution is 2.43. The highest BCUT2D eigenvalue weighted by atomic mass is 16.2. The van der Waals surface area contributed by atoms with Crippen LogP contribution in [0.4, 0.5) is 0 Å². The van der Waals surface area contributed by atoms with E-state index in [2.05, 4.69) is 47.1 Å². The topological polar surface area (TPSA) is 78.5 Å².